The number of carbonyl (C=O) groups is 1. The molecule has 1 saturated heterocycles. The fourth-order valence-corrected chi connectivity index (χ4v) is 2.93. The molecule has 0 aromatic heterocycles. The van der Waals surface area contributed by atoms with E-state index in [0.29, 0.717) is 11.3 Å². The molecule has 0 aliphatic carbocycles. The van der Waals surface area contributed by atoms with Crippen molar-refractivity contribution in [3.05, 3.63) is 29.8 Å². The SMILES string of the molecule is NCC(=O)c1ccccc1OC1CCCSC1. The van der Waals surface area contributed by atoms with Crippen LogP contribution in [0.1, 0.15) is 23.2 Å². The number of carbonyl (C=O) groups excluding carboxylic acids is 1. The molecule has 2 rings (SSSR count). The number of hydrogen-bond acceptors (Lipinski definition) is 4. The first kappa shape index (κ1) is 12.5. The summed E-state index contributed by atoms with van der Waals surface area (Å²) in [5.41, 5.74) is 6.00. The van der Waals surface area contributed by atoms with Crippen LogP contribution in [-0.2, 0) is 0 Å². The summed E-state index contributed by atoms with van der Waals surface area (Å²) >= 11 is 1.91. The summed E-state index contributed by atoms with van der Waals surface area (Å²) in [7, 11) is 0. The van der Waals surface area contributed by atoms with E-state index in [1.807, 2.05) is 30.0 Å². The third-order valence-electron chi connectivity index (χ3n) is 2.79. The van der Waals surface area contributed by atoms with Crippen molar-refractivity contribution in [2.75, 3.05) is 18.1 Å². The van der Waals surface area contributed by atoms with E-state index in [2.05, 4.69) is 0 Å². The van der Waals surface area contributed by atoms with E-state index in [4.69, 9.17) is 10.5 Å². The van der Waals surface area contributed by atoms with Crippen molar-refractivity contribution in [1.29, 1.82) is 0 Å². The van der Waals surface area contributed by atoms with Crippen molar-refractivity contribution in [2.24, 2.45) is 5.73 Å². The van der Waals surface area contributed by atoms with Gasteiger partial charge in [0.15, 0.2) is 5.78 Å². The van der Waals surface area contributed by atoms with Crippen LogP contribution in [0.3, 0.4) is 0 Å². The highest BCUT2D eigenvalue weighted by molar-refractivity contribution is 7.99. The number of thioether (sulfide) groups is 1. The van der Waals surface area contributed by atoms with Gasteiger partial charge in [0, 0.05) is 5.75 Å². The van der Waals surface area contributed by atoms with Crippen LogP contribution in [0.15, 0.2) is 24.3 Å². The van der Waals surface area contributed by atoms with Gasteiger partial charge in [-0.25, -0.2) is 0 Å². The Kier molecular flexibility index (Phi) is 4.45. The lowest BCUT2D eigenvalue weighted by molar-refractivity contribution is 0.0994. The number of ketones is 1. The molecule has 3 nitrogen and oxygen atoms in total. The zero-order valence-electron chi connectivity index (χ0n) is 9.72. The Morgan fingerprint density at radius 2 is 2.29 bits per heavy atom. The van der Waals surface area contributed by atoms with Crippen LogP contribution in [0, 0.1) is 0 Å². The summed E-state index contributed by atoms with van der Waals surface area (Å²) in [5, 5.41) is 0. The lowest BCUT2D eigenvalue weighted by atomic mass is 10.1. The first-order chi connectivity index (χ1) is 8.31. The van der Waals surface area contributed by atoms with E-state index in [1.54, 1.807) is 6.07 Å². The molecule has 4 heteroatoms. The van der Waals surface area contributed by atoms with Gasteiger partial charge >= 0.3 is 0 Å². The van der Waals surface area contributed by atoms with Gasteiger partial charge in [-0.15, -0.1) is 0 Å². The van der Waals surface area contributed by atoms with Crippen molar-refractivity contribution in [3.63, 3.8) is 0 Å². The highest BCUT2D eigenvalue weighted by Gasteiger charge is 2.18. The molecule has 0 amide bonds. The molecular weight excluding hydrogens is 234 g/mol. The maximum absolute atomic E-state index is 11.7. The fourth-order valence-electron chi connectivity index (χ4n) is 1.89. The Balaban J connectivity index is 2.11. The third kappa shape index (κ3) is 3.23. The lowest BCUT2D eigenvalue weighted by Gasteiger charge is -2.23. The lowest BCUT2D eigenvalue weighted by Crippen LogP contribution is -2.25. The molecule has 0 spiro atoms. The van der Waals surface area contributed by atoms with Crippen molar-refractivity contribution < 1.29 is 9.53 Å². The van der Waals surface area contributed by atoms with Gasteiger partial charge in [-0.1, -0.05) is 12.1 Å². The van der Waals surface area contributed by atoms with Crippen LogP contribution >= 0.6 is 11.8 Å². The van der Waals surface area contributed by atoms with E-state index in [1.165, 1.54) is 12.2 Å². The summed E-state index contributed by atoms with van der Waals surface area (Å²) < 4.78 is 5.91. The molecule has 92 valence electrons. The molecule has 17 heavy (non-hydrogen) atoms. The van der Waals surface area contributed by atoms with Crippen LogP contribution in [0.2, 0.25) is 0 Å². The Hall–Kier alpha value is -1.000. The molecule has 1 aliphatic rings. The second kappa shape index (κ2) is 6.07. The standard InChI is InChI=1S/C13H17NO2S/c14-8-12(15)11-5-1-2-6-13(11)16-10-4-3-7-17-9-10/h1-2,5-6,10H,3-4,7-9,14H2. The smallest absolute Gasteiger partial charge is 0.180 e. The molecule has 1 aliphatic heterocycles. The number of benzene rings is 1. The first-order valence-corrected chi connectivity index (χ1v) is 7.03. The minimum Gasteiger partial charge on any atom is -0.489 e. The summed E-state index contributed by atoms with van der Waals surface area (Å²) in [6.45, 7) is 0.0276. The Bertz CT molecular complexity index is 389. The molecule has 1 heterocycles. The summed E-state index contributed by atoms with van der Waals surface area (Å²) in [6.07, 6.45) is 2.47. The van der Waals surface area contributed by atoms with Gasteiger partial charge in [-0.05, 0) is 30.7 Å². The van der Waals surface area contributed by atoms with Crippen LogP contribution in [0.5, 0.6) is 5.75 Å². The van der Waals surface area contributed by atoms with Gasteiger partial charge in [-0.2, -0.15) is 11.8 Å². The molecule has 1 aromatic rings. The molecule has 0 saturated carbocycles. The van der Waals surface area contributed by atoms with Crippen LogP contribution in [0.25, 0.3) is 0 Å². The van der Waals surface area contributed by atoms with Crippen molar-refractivity contribution in [2.45, 2.75) is 18.9 Å². The number of nitrogens with two attached hydrogens (primary N) is 1. The van der Waals surface area contributed by atoms with E-state index >= 15 is 0 Å². The highest BCUT2D eigenvalue weighted by Crippen LogP contribution is 2.25. The number of ether oxygens (including phenoxy) is 1. The van der Waals surface area contributed by atoms with Gasteiger partial charge < -0.3 is 10.5 Å². The minimum atomic E-state index is -0.0657. The second-order valence-corrected chi connectivity index (χ2v) is 5.23. The zero-order chi connectivity index (χ0) is 12.1. The number of rotatable bonds is 4. The van der Waals surface area contributed by atoms with Gasteiger partial charge in [0.05, 0.1) is 12.1 Å². The molecule has 0 bridgehead atoms. The van der Waals surface area contributed by atoms with Crippen molar-refractivity contribution >= 4 is 17.5 Å². The maximum Gasteiger partial charge on any atom is 0.180 e. The van der Waals surface area contributed by atoms with E-state index < -0.39 is 0 Å². The average Bonchev–Trinajstić information content (AvgIpc) is 2.40. The normalized spacial score (nSPS) is 19.9. The summed E-state index contributed by atoms with van der Waals surface area (Å²) in [6, 6.07) is 7.35. The zero-order valence-corrected chi connectivity index (χ0v) is 10.5. The topological polar surface area (TPSA) is 52.3 Å². The van der Waals surface area contributed by atoms with Crippen LogP contribution in [-0.4, -0.2) is 29.9 Å². The van der Waals surface area contributed by atoms with Gasteiger partial charge in [0.1, 0.15) is 11.9 Å². The molecule has 0 radical (unpaired) electrons. The van der Waals surface area contributed by atoms with Crippen LogP contribution in [0.4, 0.5) is 0 Å². The molecule has 1 unspecified atom stereocenters. The molecule has 1 atom stereocenters. The van der Waals surface area contributed by atoms with E-state index in [-0.39, 0.29) is 18.4 Å². The minimum absolute atomic E-state index is 0.0276. The molecule has 1 aromatic carbocycles. The Morgan fingerprint density at radius 1 is 1.47 bits per heavy atom. The number of Topliss-reactive ketones (excluding diaryl/α,β-unsaturated/α-hetero) is 1. The molecule has 2 N–H and O–H groups in total. The Morgan fingerprint density at radius 3 is 3.00 bits per heavy atom. The predicted molar refractivity (Wildman–Crippen MR) is 70.8 cm³/mol. The monoisotopic (exact) mass is 251 g/mol. The van der Waals surface area contributed by atoms with Gasteiger partial charge in [0.25, 0.3) is 0 Å². The maximum atomic E-state index is 11.7. The number of hydrogen-bond donors (Lipinski definition) is 1. The van der Waals surface area contributed by atoms with Crippen molar-refractivity contribution in [3.8, 4) is 5.75 Å². The summed E-state index contributed by atoms with van der Waals surface area (Å²) in [5.74, 6) is 2.83. The second-order valence-electron chi connectivity index (χ2n) is 4.08. The quantitative estimate of drug-likeness (QED) is 0.833. The number of para-hydroxylation sites is 1. The highest BCUT2D eigenvalue weighted by atomic mass is 32.2. The predicted octanol–water partition coefficient (Wildman–Crippen LogP) is 2.10. The average molecular weight is 251 g/mol. The first-order valence-electron chi connectivity index (χ1n) is 5.88. The molecule has 1 fully saturated rings. The fraction of sp³-hybridized carbons (Fsp3) is 0.462. The van der Waals surface area contributed by atoms with Gasteiger partial charge in [-0.3, -0.25) is 4.79 Å². The Labute approximate surface area is 106 Å². The van der Waals surface area contributed by atoms with Crippen LogP contribution < -0.4 is 10.5 Å². The summed E-state index contributed by atoms with van der Waals surface area (Å²) in [4.78, 5) is 11.7. The van der Waals surface area contributed by atoms with E-state index in [9.17, 15) is 4.79 Å². The van der Waals surface area contributed by atoms with E-state index in [0.717, 1.165) is 12.2 Å². The van der Waals surface area contributed by atoms with Crippen molar-refractivity contribution in [1.82, 2.24) is 0 Å². The molecular formula is C13H17NO2S. The largest absolute Gasteiger partial charge is 0.489 e. The third-order valence-corrected chi connectivity index (χ3v) is 3.97. The van der Waals surface area contributed by atoms with Gasteiger partial charge in [0.2, 0.25) is 0 Å².